The van der Waals surface area contributed by atoms with Crippen molar-refractivity contribution in [1.82, 2.24) is 10.2 Å². The van der Waals surface area contributed by atoms with Gasteiger partial charge in [-0.2, -0.15) is 0 Å². The number of carbonyl (C=O) groups is 2. The van der Waals surface area contributed by atoms with Crippen LogP contribution in [-0.2, 0) is 0 Å². The molecule has 0 bridgehead atoms. The molecule has 1 N–H and O–H groups in total. The van der Waals surface area contributed by atoms with Gasteiger partial charge in [0.05, 0.1) is 24.2 Å². The third-order valence-electron chi connectivity index (χ3n) is 4.96. The highest BCUT2D eigenvalue weighted by atomic mass is 19.1. The second-order valence-electron chi connectivity index (χ2n) is 6.77. The van der Waals surface area contributed by atoms with E-state index < -0.39 is 11.4 Å². The first kappa shape index (κ1) is 16.6. The predicted octanol–water partition coefficient (Wildman–Crippen LogP) is 2.62. The van der Waals surface area contributed by atoms with Gasteiger partial charge >= 0.3 is 0 Å². The van der Waals surface area contributed by atoms with E-state index >= 15 is 0 Å². The molecule has 1 spiro atoms. The minimum atomic E-state index is -0.707. The lowest BCUT2D eigenvalue weighted by atomic mass is 9.91. The average Bonchev–Trinajstić information content (AvgIpc) is 2.79. The zero-order valence-corrected chi connectivity index (χ0v) is 14.2. The van der Waals surface area contributed by atoms with Crippen molar-refractivity contribution in [1.29, 1.82) is 0 Å². The SMILES string of the molecule is O=C1NC[C@@]2(CCCN(C(=O)c3ccccc3F)C2)Oc2ccccc21. The fourth-order valence-electron chi connectivity index (χ4n) is 3.65. The first-order chi connectivity index (χ1) is 12.6. The summed E-state index contributed by atoms with van der Waals surface area (Å²) >= 11 is 0. The molecule has 6 heteroatoms. The lowest BCUT2D eigenvalue weighted by Crippen LogP contribution is -2.58. The number of nitrogens with zero attached hydrogens (tertiary/aromatic N) is 1. The number of piperidine rings is 1. The van der Waals surface area contributed by atoms with Gasteiger partial charge in [-0.25, -0.2) is 4.39 Å². The molecule has 0 aliphatic carbocycles. The minimum Gasteiger partial charge on any atom is -0.483 e. The van der Waals surface area contributed by atoms with Crippen LogP contribution in [-0.4, -0.2) is 41.9 Å². The zero-order valence-electron chi connectivity index (χ0n) is 14.2. The number of rotatable bonds is 1. The number of carbonyl (C=O) groups excluding carboxylic acids is 2. The molecular formula is C20H19FN2O3. The molecule has 2 heterocycles. The van der Waals surface area contributed by atoms with E-state index in [9.17, 15) is 14.0 Å². The molecule has 2 aliphatic heterocycles. The van der Waals surface area contributed by atoms with E-state index in [0.29, 0.717) is 37.4 Å². The monoisotopic (exact) mass is 354 g/mol. The summed E-state index contributed by atoms with van der Waals surface area (Å²) in [6, 6.07) is 13.1. The van der Waals surface area contributed by atoms with Gasteiger partial charge in [0, 0.05) is 6.54 Å². The Hall–Kier alpha value is -2.89. The summed E-state index contributed by atoms with van der Waals surface area (Å²) in [4.78, 5) is 26.7. The van der Waals surface area contributed by atoms with E-state index in [1.54, 1.807) is 35.2 Å². The average molecular weight is 354 g/mol. The van der Waals surface area contributed by atoms with Crippen molar-refractivity contribution >= 4 is 11.8 Å². The van der Waals surface area contributed by atoms with Gasteiger partial charge in [-0.1, -0.05) is 24.3 Å². The van der Waals surface area contributed by atoms with Gasteiger partial charge in [0.15, 0.2) is 0 Å². The first-order valence-corrected chi connectivity index (χ1v) is 8.68. The standard InChI is InChI=1S/C20H19FN2O3/c21-16-8-3-1-6-14(16)19(25)23-11-5-10-20(13-23)12-22-18(24)15-7-2-4-9-17(15)26-20/h1-4,6-9H,5,10-13H2,(H,22,24)/t20-/m1/s1. The van der Waals surface area contributed by atoms with Gasteiger partial charge in [-0.05, 0) is 37.1 Å². The Morgan fingerprint density at radius 1 is 1.15 bits per heavy atom. The molecule has 0 aromatic heterocycles. The maximum absolute atomic E-state index is 14.0. The van der Waals surface area contributed by atoms with E-state index in [1.807, 2.05) is 6.07 Å². The van der Waals surface area contributed by atoms with E-state index in [2.05, 4.69) is 5.32 Å². The molecule has 1 saturated heterocycles. The number of hydrogen-bond donors (Lipinski definition) is 1. The summed E-state index contributed by atoms with van der Waals surface area (Å²) in [6.45, 7) is 1.14. The Labute approximate surface area is 150 Å². The molecule has 26 heavy (non-hydrogen) atoms. The highest BCUT2D eigenvalue weighted by Gasteiger charge is 2.42. The summed E-state index contributed by atoms with van der Waals surface area (Å²) < 4.78 is 20.2. The van der Waals surface area contributed by atoms with E-state index in [1.165, 1.54) is 12.1 Å². The van der Waals surface area contributed by atoms with Crippen molar-refractivity contribution in [3.05, 3.63) is 65.5 Å². The maximum atomic E-state index is 14.0. The highest BCUT2D eigenvalue weighted by molar-refractivity contribution is 5.97. The second kappa shape index (κ2) is 6.44. The number of ether oxygens (including phenoxy) is 1. The fourth-order valence-corrected chi connectivity index (χ4v) is 3.65. The lowest BCUT2D eigenvalue weighted by Gasteiger charge is -2.42. The van der Waals surface area contributed by atoms with Crippen molar-refractivity contribution in [2.75, 3.05) is 19.6 Å². The molecule has 2 aromatic carbocycles. The van der Waals surface area contributed by atoms with E-state index in [4.69, 9.17) is 4.74 Å². The number of halogens is 1. The maximum Gasteiger partial charge on any atom is 0.256 e. The predicted molar refractivity (Wildman–Crippen MR) is 93.7 cm³/mol. The van der Waals surface area contributed by atoms with Crippen LogP contribution in [0.1, 0.15) is 33.6 Å². The topological polar surface area (TPSA) is 58.6 Å². The Kier molecular flexibility index (Phi) is 4.11. The number of para-hydroxylation sites is 1. The molecule has 2 aliphatic rings. The number of benzene rings is 2. The van der Waals surface area contributed by atoms with Crippen molar-refractivity contribution in [3.8, 4) is 5.75 Å². The second-order valence-corrected chi connectivity index (χ2v) is 6.77. The number of amides is 2. The Morgan fingerprint density at radius 3 is 2.77 bits per heavy atom. The van der Waals surface area contributed by atoms with Gasteiger partial charge in [0.25, 0.3) is 11.8 Å². The summed E-state index contributed by atoms with van der Waals surface area (Å²) in [7, 11) is 0. The van der Waals surface area contributed by atoms with Crippen LogP contribution in [0.25, 0.3) is 0 Å². The number of nitrogens with one attached hydrogen (secondary N) is 1. The van der Waals surface area contributed by atoms with Gasteiger partial charge < -0.3 is 15.0 Å². The molecule has 2 amide bonds. The van der Waals surface area contributed by atoms with Gasteiger partial charge in [0.2, 0.25) is 0 Å². The molecule has 1 atom stereocenters. The summed E-state index contributed by atoms with van der Waals surface area (Å²) in [5.41, 5.74) is -0.161. The highest BCUT2D eigenvalue weighted by Crippen LogP contribution is 2.32. The Balaban J connectivity index is 1.61. The van der Waals surface area contributed by atoms with Crippen molar-refractivity contribution in [2.24, 2.45) is 0 Å². The van der Waals surface area contributed by atoms with Gasteiger partial charge in [-0.15, -0.1) is 0 Å². The normalized spacial score (nSPS) is 22.2. The van der Waals surface area contributed by atoms with Crippen molar-refractivity contribution < 1.29 is 18.7 Å². The van der Waals surface area contributed by atoms with Crippen LogP contribution in [0.3, 0.4) is 0 Å². The van der Waals surface area contributed by atoms with Crippen molar-refractivity contribution in [3.63, 3.8) is 0 Å². The largest absolute Gasteiger partial charge is 0.483 e. The first-order valence-electron chi connectivity index (χ1n) is 8.68. The molecule has 5 nitrogen and oxygen atoms in total. The molecule has 2 aromatic rings. The minimum absolute atomic E-state index is 0.0580. The molecule has 134 valence electrons. The van der Waals surface area contributed by atoms with Crippen LogP contribution >= 0.6 is 0 Å². The van der Waals surface area contributed by atoms with Crippen LogP contribution in [0.4, 0.5) is 4.39 Å². The molecular weight excluding hydrogens is 335 g/mol. The Bertz CT molecular complexity index is 870. The Morgan fingerprint density at radius 2 is 1.92 bits per heavy atom. The van der Waals surface area contributed by atoms with Crippen LogP contribution in [0.15, 0.2) is 48.5 Å². The summed E-state index contributed by atoms with van der Waals surface area (Å²) in [6.07, 6.45) is 1.43. The van der Waals surface area contributed by atoms with Crippen molar-refractivity contribution in [2.45, 2.75) is 18.4 Å². The number of likely N-dealkylation sites (tertiary alicyclic amines) is 1. The quantitative estimate of drug-likeness (QED) is 0.856. The fraction of sp³-hybridized carbons (Fsp3) is 0.300. The van der Waals surface area contributed by atoms with Gasteiger partial charge in [0.1, 0.15) is 17.2 Å². The smallest absolute Gasteiger partial charge is 0.256 e. The molecule has 1 fully saturated rings. The zero-order chi connectivity index (χ0) is 18.1. The lowest BCUT2D eigenvalue weighted by molar-refractivity contribution is -0.00104. The third kappa shape index (κ3) is 2.92. The summed E-state index contributed by atoms with van der Waals surface area (Å²) in [5, 5.41) is 2.90. The van der Waals surface area contributed by atoms with Crippen LogP contribution in [0.5, 0.6) is 5.75 Å². The number of fused-ring (bicyclic) bond motifs is 1. The van der Waals surface area contributed by atoms with E-state index in [-0.39, 0.29) is 17.4 Å². The molecule has 0 unspecified atom stereocenters. The van der Waals surface area contributed by atoms with Crippen LogP contribution in [0.2, 0.25) is 0 Å². The number of hydrogen-bond acceptors (Lipinski definition) is 3. The van der Waals surface area contributed by atoms with E-state index in [0.717, 1.165) is 6.42 Å². The molecule has 0 saturated carbocycles. The molecule has 4 rings (SSSR count). The van der Waals surface area contributed by atoms with Crippen LogP contribution < -0.4 is 10.1 Å². The summed E-state index contributed by atoms with van der Waals surface area (Å²) in [5.74, 6) is -0.551. The van der Waals surface area contributed by atoms with Gasteiger partial charge in [-0.3, -0.25) is 9.59 Å². The third-order valence-corrected chi connectivity index (χ3v) is 4.96. The molecule has 0 radical (unpaired) electrons. The van der Waals surface area contributed by atoms with Crippen LogP contribution in [0, 0.1) is 5.82 Å².